The molecule has 0 heterocycles. The van der Waals surface area contributed by atoms with E-state index >= 15 is 0 Å². The zero-order valence-electron chi connectivity index (χ0n) is 9.51. The number of phosphoric acid groups is 1. The summed E-state index contributed by atoms with van der Waals surface area (Å²) in [5, 5.41) is 7.53. The Hall–Kier alpha value is 3.29. The molecule has 0 aromatic carbocycles. The molecule has 0 bridgehead atoms. The predicted octanol–water partition coefficient (Wildman–Crippen LogP) is -8.88. The molecule has 0 atom stereocenters. The smallest absolute Gasteiger partial charge is 1.00 e. The summed E-state index contributed by atoms with van der Waals surface area (Å²) >= 11 is 0. The van der Waals surface area contributed by atoms with E-state index in [9.17, 15) is 9.36 Å². The topological polar surface area (TPSA) is 104 Å². The fourth-order valence-electron chi connectivity index (χ4n) is 0.102. The van der Waals surface area contributed by atoms with Crippen molar-refractivity contribution in [3.05, 3.63) is 0 Å². The Labute approximate surface area is 165 Å². The average molecular weight is 230 g/mol. The number of phosphoric ester groups is 1. The van der Waals surface area contributed by atoms with Gasteiger partial charge in [0.25, 0.3) is 0 Å². The van der Waals surface area contributed by atoms with Crippen molar-refractivity contribution in [2.45, 2.75) is 0 Å². The molecule has 6 nitrogen and oxygen atoms in total. The summed E-state index contributed by atoms with van der Waals surface area (Å²) < 4.78 is 12.6. The molecule has 0 unspecified atom stereocenters. The molecule has 0 amide bonds. The second kappa shape index (κ2) is 11.4. The first kappa shape index (κ1) is 23.8. The fourth-order valence-corrected chi connectivity index (χ4v) is 0.305. The molecule has 3 N–H and O–H groups in total. The van der Waals surface area contributed by atoms with Gasteiger partial charge in [-0.05, 0) is 0 Å². The molecule has 0 spiro atoms. The second-order valence-corrected chi connectivity index (χ2v) is 2.01. The minimum atomic E-state index is -4.82. The second-order valence-electron chi connectivity index (χ2n) is 0.848. The quantitative estimate of drug-likeness (QED) is 0.305. The Morgan fingerprint density at radius 3 is 1.64 bits per heavy atom. The molecule has 0 aromatic heterocycles. The third-order valence-electron chi connectivity index (χ3n) is 0.197. The first-order valence-corrected chi connectivity index (χ1v) is 2.93. The van der Waals surface area contributed by atoms with Crippen molar-refractivity contribution in [2.75, 3.05) is 0 Å². The van der Waals surface area contributed by atoms with E-state index in [2.05, 4.69) is 4.52 Å². The van der Waals surface area contributed by atoms with Crippen LogP contribution in [0.3, 0.4) is 0 Å². The minimum absolute atomic E-state index is 0. The van der Waals surface area contributed by atoms with Gasteiger partial charge in [0.1, 0.15) is 0 Å². The molecule has 11 heavy (non-hydrogen) atoms. The van der Waals surface area contributed by atoms with E-state index < -0.39 is 14.0 Å². The van der Waals surface area contributed by atoms with Crippen molar-refractivity contribution in [2.24, 2.45) is 0 Å². The molecule has 0 aliphatic rings. The van der Waals surface area contributed by atoms with Gasteiger partial charge < -0.3 is 13.9 Å². The van der Waals surface area contributed by atoms with E-state index in [0.29, 0.717) is 0 Å². The van der Waals surface area contributed by atoms with Crippen LogP contribution in [0.1, 0.15) is 4.28 Å². The van der Waals surface area contributed by atoms with Crippen LogP contribution < -0.4 is 122 Å². The van der Waals surface area contributed by atoms with Gasteiger partial charge in [0.2, 0.25) is 0 Å². The monoisotopic (exact) mass is 230 g/mol. The van der Waals surface area contributed by atoms with Crippen molar-refractivity contribution >= 4 is 14.0 Å². The molecule has 0 radical (unpaired) electrons. The van der Waals surface area contributed by atoms with E-state index in [1.54, 1.807) is 0 Å². The molecule has 10 heteroatoms. The maximum atomic E-state index is 9.53. The van der Waals surface area contributed by atoms with Crippen molar-refractivity contribution in [3.8, 4) is 0 Å². The van der Waals surface area contributed by atoms with Crippen LogP contribution in [0.2, 0.25) is 0 Å². The Morgan fingerprint density at radius 2 is 1.64 bits per heavy atom. The van der Waals surface area contributed by atoms with Gasteiger partial charge in [-0.1, -0.05) is 0 Å². The largest absolute Gasteiger partial charge is 1.00 e. The van der Waals surface area contributed by atoms with Crippen LogP contribution in [-0.2, 0) is 9.09 Å². The number of carboxylic acid groups (broad SMARTS) is 1. The Balaban J connectivity index is -0.0000000163. The molecule has 0 saturated carbocycles. The van der Waals surface area contributed by atoms with Crippen molar-refractivity contribution in [1.82, 2.24) is 0 Å². The maximum absolute atomic E-state index is 9.53. The summed E-state index contributed by atoms with van der Waals surface area (Å²) in [7, 11) is -4.82. The van der Waals surface area contributed by atoms with Crippen LogP contribution in [0.4, 0.5) is 4.79 Å². The summed E-state index contributed by atoms with van der Waals surface area (Å²) in [5.74, 6) is 0. The molecule has 0 rings (SSSR count). The molecule has 0 aliphatic carbocycles. The van der Waals surface area contributed by atoms with Crippen molar-refractivity contribution in [3.63, 3.8) is 0 Å². The Morgan fingerprint density at radius 1 is 1.36 bits per heavy atom. The van der Waals surface area contributed by atoms with E-state index in [-0.39, 0.29) is 126 Å². The molecule has 0 saturated heterocycles. The average Bonchev–Trinajstić information content (AvgIpc) is 1.21. The molecule has 0 aliphatic heterocycles. The van der Waals surface area contributed by atoms with E-state index in [1.165, 1.54) is 0 Å². The van der Waals surface area contributed by atoms with Gasteiger partial charge in [-0.15, -0.1) is 0 Å². The summed E-state index contributed by atoms with van der Waals surface area (Å²) in [6.07, 6.45) is -1.99. The number of rotatable bonds is 1. The molecular weight excluding hydrogens is 224 g/mol. The van der Waals surface area contributed by atoms with Crippen LogP contribution in [-0.4, -0.2) is 21.0 Å². The summed E-state index contributed by atoms with van der Waals surface area (Å²) in [6, 6.07) is 0. The number of carbonyl (C=O) groups is 1. The van der Waals surface area contributed by atoms with Gasteiger partial charge in [-0.25, -0.2) is 9.36 Å². The van der Waals surface area contributed by atoms with Gasteiger partial charge in [-0.3, -0.25) is 9.79 Å². The van der Waals surface area contributed by atoms with Gasteiger partial charge in [-0.2, -0.15) is 0 Å². The maximum Gasteiger partial charge on any atom is 1.00 e. The SMILES string of the molecule is O=C(O)OP(=O)(O)O.[H-].[H-].[H-].[K+].[K+].[Li+]. The van der Waals surface area contributed by atoms with Crippen LogP contribution in [0.5, 0.6) is 0 Å². The normalized spacial score (nSPS) is 7.82. The molecule has 0 aromatic rings. The van der Waals surface area contributed by atoms with E-state index in [1.807, 2.05) is 0 Å². The standard InChI is InChI=1S/CH3O6P.2K.Li.3H/c2-1(3)7-8(4,5)6;;;;;;/h(H,2,3)(H2,4,5,6);;;;;;/q;3*+1;3*-1. The summed E-state index contributed by atoms with van der Waals surface area (Å²) in [4.78, 5) is 24.7. The molecule has 54 valence electrons. The van der Waals surface area contributed by atoms with Crippen LogP contribution in [0.25, 0.3) is 0 Å². The van der Waals surface area contributed by atoms with E-state index in [0.717, 1.165) is 0 Å². The van der Waals surface area contributed by atoms with Crippen LogP contribution in [0.15, 0.2) is 0 Å². The van der Waals surface area contributed by atoms with Crippen molar-refractivity contribution in [1.29, 1.82) is 0 Å². The van der Waals surface area contributed by atoms with Gasteiger partial charge in [0.15, 0.2) is 0 Å². The zero-order chi connectivity index (χ0) is 6.78. The van der Waals surface area contributed by atoms with Gasteiger partial charge in [0, 0.05) is 0 Å². The Kier molecular flexibility index (Phi) is 24.6. The first-order chi connectivity index (χ1) is 3.42. The minimum Gasteiger partial charge on any atom is -1.00 e. The zero-order valence-corrected chi connectivity index (χ0v) is 13.7. The summed E-state index contributed by atoms with van der Waals surface area (Å²) in [6.45, 7) is 0. The third-order valence-corrected chi connectivity index (χ3v) is 0.591. The molecule has 0 fully saturated rings. The number of hydrogen-bond acceptors (Lipinski definition) is 3. The summed E-state index contributed by atoms with van der Waals surface area (Å²) in [5.41, 5.74) is 0. The van der Waals surface area contributed by atoms with Crippen molar-refractivity contribution < 1.29 is 155 Å². The first-order valence-electron chi connectivity index (χ1n) is 1.40. The fraction of sp³-hybridized carbons (Fsp3) is 0. The van der Waals surface area contributed by atoms with Gasteiger partial charge >= 0.3 is 136 Å². The molecular formula is CH6K2LiO6P. The van der Waals surface area contributed by atoms with Crippen LogP contribution >= 0.6 is 7.82 Å². The third kappa shape index (κ3) is 24.6. The van der Waals surface area contributed by atoms with Gasteiger partial charge in [0.05, 0.1) is 0 Å². The van der Waals surface area contributed by atoms with E-state index in [4.69, 9.17) is 14.9 Å². The Bertz CT molecular complexity index is 154. The van der Waals surface area contributed by atoms with Crippen LogP contribution in [0, 0.1) is 0 Å². The number of hydrogen-bond donors (Lipinski definition) is 3. The predicted molar refractivity (Wildman–Crippen MR) is 24.5 cm³/mol.